The zero-order valence-electron chi connectivity index (χ0n) is 15.3. The highest BCUT2D eigenvalue weighted by Gasteiger charge is 2.26. The summed E-state index contributed by atoms with van der Waals surface area (Å²) >= 11 is 3.35. The molecule has 0 aliphatic carbocycles. The van der Waals surface area contributed by atoms with E-state index in [-0.39, 0.29) is 24.7 Å². The summed E-state index contributed by atoms with van der Waals surface area (Å²) in [6.07, 6.45) is 1.56. The van der Waals surface area contributed by atoms with Crippen LogP contribution in [0.25, 0.3) is 0 Å². The Kier molecular flexibility index (Phi) is 7.37. The molecule has 0 aliphatic rings. The molecule has 8 nitrogen and oxygen atoms in total. The van der Waals surface area contributed by atoms with E-state index in [0.717, 1.165) is 6.42 Å². The minimum atomic E-state index is -0.707. The molecular formula is C18H23BrN4O4. The van der Waals surface area contributed by atoms with Crippen LogP contribution in [0.3, 0.4) is 0 Å². The maximum Gasteiger partial charge on any atom is 0.330 e. The van der Waals surface area contributed by atoms with Crippen LogP contribution in [0.15, 0.2) is 38.3 Å². The van der Waals surface area contributed by atoms with Gasteiger partial charge in [-0.1, -0.05) is 25.5 Å². The van der Waals surface area contributed by atoms with Gasteiger partial charge in [-0.05, 0) is 34.5 Å². The normalized spacial score (nSPS) is 10.8. The van der Waals surface area contributed by atoms with Crippen LogP contribution in [0.1, 0.15) is 30.1 Å². The van der Waals surface area contributed by atoms with Gasteiger partial charge in [-0.25, -0.2) is 4.79 Å². The molecule has 0 radical (unpaired) electrons. The Labute approximate surface area is 165 Å². The lowest BCUT2D eigenvalue weighted by atomic mass is 10.2. The van der Waals surface area contributed by atoms with E-state index in [2.05, 4.69) is 20.9 Å². The van der Waals surface area contributed by atoms with Gasteiger partial charge < -0.3 is 10.5 Å². The number of halogens is 1. The molecule has 0 bridgehead atoms. The first-order valence-corrected chi connectivity index (χ1v) is 9.39. The van der Waals surface area contributed by atoms with Crippen LogP contribution >= 0.6 is 15.9 Å². The molecule has 0 saturated heterocycles. The topological polar surface area (TPSA) is 110 Å². The number of methoxy groups -OCH3 is 1. The first kappa shape index (κ1) is 20.9. The number of nitrogens with one attached hydrogen (secondary N) is 1. The number of ether oxygens (including phenoxy) is 1. The van der Waals surface area contributed by atoms with Crippen molar-refractivity contribution in [2.24, 2.45) is 0 Å². The number of aromatic nitrogens is 2. The number of nitrogens with zero attached hydrogens (tertiary/aromatic N) is 2. The number of nitrogen functional groups attached to an aromatic ring is 1. The van der Waals surface area contributed by atoms with Crippen molar-refractivity contribution in [2.45, 2.75) is 26.3 Å². The number of anilines is 2. The summed E-state index contributed by atoms with van der Waals surface area (Å²) in [6, 6.07) is 6.88. The van der Waals surface area contributed by atoms with Crippen molar-refractivity contribution < 1.29 is 9.53 Å². The highest BCUT2D eigenvalue weighted by Crippen LogP contribution is 2.23. The number of unbranched alkanes of at least 4 members (excludes halogenated alkanes) is 1. The summed E-state index contributed by atoms with van der Waals surface area (Å²) in [7, 11) is 1.50. The molecule has 2 rings (SSSR count). The molecule has 0 saturated carbocycles. The average molecular weight is 439 g/mol. The predicted molar refractivity (Wildman–Crippen MR) is 108 cm³/mol. The van der Waals surface area contributed by atoms with Crippen LogP contribution in [0, 0.1) is 0 Å². The third-order valence-corrected chi connectivity index (χ3v) is 4.78. The zero-order valence-corrected chi connectivity index (χ0v) is 16.9. The van der Waals surface area contributed by atoms with Gasteiger partial charge in [0.25, 0.3) is 11.5 Å². The average Bonchev–Trinajstić information content (AvgIpc) is 2.64. The van der Waals surface area contributed by atoms with E-state index in [9.17, 15) is 14.4 Å². The second-order valence-electron chi connectivity index (χ2n) is 5.93. The molecule has 0 aliphatic heterocycles. The number of rotatable bonds is 8. The number of hydrogen-bond acceptors (Lipinski definition) is 5. The number of aromatic amines is 1. The number of nitrogens with two attached hydrogens (primary N) is 1. The second kappa shape index (κ2) is 9.52. The molecule has 146 valence electrons. The van der Waals surface area contributed by atoms with Gasteiger partial charge in [0.05, 0.1) is 12.2 Å². The van der Waals surface area contributed by atoms with Crippen LogP contribution in [-0.2, 0) is 11.3 Å². The fraction of sp³-hybridized carbons (Fsp3) is 0.389. The summed E-state index contributed by atoms with van der Waals surface area (Å²) in [5, 5.41) is 0. The van der Waals surface area contributed by atoms with Crippen molar-refractivity contribution in [3.05, 3.63) is 55.1 Å². The Bertz CT molecular complexity index is 922. The zero-order chi connectivity index (χ0) is 20.0. The molecule has 9 heteroatoms. The highest BCUT2D eigenvalue weighted by atomic mass is 79.9. The van der Waals surface area contributed by atoms with Crippen LogP contribution in [-0.4, -0.2) is 35.7 Å². The third kappa shape index (κ3) is 4.67. The van der Waals surface area contributed by atoms with E-state index in [0.29, 0.717) is 23.0 Å². The molecule has 0 fully saturated rings. The molecule has 0 atom stereocenters. The molecular weight excluding hydrogens is 416 g/mol. The molecule has 1 aromatic carbocycles. The lowest BCUT2D eigenvalue weighted by Gasteiger charge is -2.24. The van der Waals surface area contributed by atoms with E-state index in [1.807, 2.05) is 6.92 Å². The van der Waals surface area contributed by atoms with Crippen molar-refractivity contribution in [1.29, 1.82) is 0 Å². The van der Waals surface area contributed by atoms with E-state index in [4.69, 9.17) is 10.5 Å². The van der Waals surface area contributed by atoms with E-state index < -0.39 is 17.2 Å². The van der Waals surface area contributed by atoms with E-state index in [1.165, 1.54) is 16.6 Å². The SMILES string of the molecule is CCCCn1c(N)c(N(CCOC)C(=O)c2ccccc2Br)c(=O)[nH]c1=O. The standard InChI is InChI=1S/C18H23BrN4O4/c1-3-4-9-23-15(20)14(16(24)21-18(23)26)22(10-11-27-2)17(25)12-7-5-6-8-13(12)19/h5-8H,3-4,9-11,20H2,1-2H3,(H,21,24,26). The Morgan fingerprint density at radius 1 is 1.33 bits per heavy atom. The minimum Gasteiger partial charge on any atom is -0.383 e. The minimum absolute atomic E-state index is 0.0336. The lowest BCUT2D eigenvalue weighted by Crippen LogP contribution is -2.42. The van der Waals surface area contributed by atoms with Crippen molar-refractivity contribution >= 4 is 33.3 Å². The number of amides is 1. The number of carbonyl (C=O) groups is 1. The predicted octanol–water partition coefficient (Wildman–Crippen LogP) is 1.97. The molecule has 3 N–H and O–H groups in total. The number of H-pyrrole nitrogens is 1. The molecule has 1 amide bonds. The Morgan fingerprint density at radius 3 is 2.67 bits per heavy atom. The number of benzene rings is 1. The monoisotopic (exact) mass is 438 g/mol. The third-order valence-electron chi connectivity index (χ3n) is 4.09. The fourth-order valence-corrected chi connectivity index (χ4v) is 3.11. The molecule has 2 aromatic rings. The van der Waals surface area contributed by atoms with Gasteiger partial charge in [-0.15, -0.1) is 0 Å². The maximum absolute atomic E-state index is 13.1. The summed E-state index contributed by atoms with van der Waals surface area (Å²) < 4.78 is 6.96. The van der Waals surface area contributed by atoms with Gasteiger partial charge in [0.2, 0.25) is 0 Å². The largest absolute Gasteiger partial charge is 0.383 e. The van der Waals surface area contributed by atoms with Gasteiger partial charge in [0.15, 0.2) is 5.69 Å². The first-order chi connectivity index (χ1) is 12.9. The Morgan fingerprint density at radius 2 is 2.04 bits per heavy atom. The van der Waals surface area contributed by atoms with Crippen molar-refractivity contribution in [1.82, 2.24) is 9.55 Å². The van der Waals surface area contributed by atoms with Crippen LogP contribution in [0.2, 0.25) is 0 Å². The molecule has 0 unspecified atom stereocenters. The van der Waals surface area contributed by atoms with Crippen molar-refractivity contribution in [2.75, 3.05) is 30.9 Å². The van der Waals surface area contributed by atoms with Gasteiger partial charge in [-0.3, -0.25) is 24.0 Å². The quantitative estimate of drug-likeness (QED) is 0.654. The lowest BCUT2D eigenvalue weighted by molar-refractivity contribution is 0.0974. The summed E-state index contributed by atoms with van der Waals surface area (Å²) in [4.78, 5) is 41.3. The Hall–Kier alpha value is -2.39. The second-order valence-corrected chi connectivity index (χ2v) is 6.78. The van der Waals surface area contributed by atoms with Crippen molar-refractivity contribution in [3.63, 3.8) is 0 Å². The summed E-state index contributed by atoms with van der Waals surface area (Å²) in [5.41, 5.74) is 5.18. The molecule has 1 aromatic heterocycles. The van der Waals surface area contributed by atoms with Crippen LogP contribution in [0.5, 0.6) is 0 Å². The fourth-order valence-electron chi connectivity index (χ4n) is 2.65. The number of carbonyl (C=O) groups excluding carboxylic acids is 1. The van der Waals surface area contributed by atoms with Gasteiger partial charge in [0, 0.05) is 24.7 Å². The molecule has 0 spiro atoms. The van der Waals surface area contributed by atoms with Crippen molar-refractivity contribution in [3.8, 4) is 0 Å². The van der Waals surface area contributed by atoms with Gasteiger partial charge >= 0.3 is 5.69 Å². The smallest absolute Gasteiger partial charge is 0.330 e. The van der Waals surface area contributed by atoms with Crippen LogP contribution < -0.4 is 21.9 Å². The van der Waals surface area contributed by atoms with Gasteiger partial charge in [0.1, 0.15) is 5.82 Å². The summed E-state index contributed by atoms with van der Waals surface area (Å²) in [6.45, 7) is 2.64. The first-order valence-electron chi connectivity index (χ1n) is 8.60. The number of hydrogen-bond donors (Lipinski definition) is 2. The summed E-state index contributed by atoms with van der Waals surface area (Å²) in [5.74, 6) is -0.453. The Balaban J connectivity index is 2.60. The van der Waals surface area contributed by atoms with E-state index in [1.54, 1.807) is 24.3 Å². The molecule has 27 heavy (non-hydrogen) atoms. The van der Waals surface area contributed by atoms with Gasteiger partial charge in [-0.2, -0.15) is 0 Å². The van der Waals surface area contributed by atoms with E-state index >= 15 is 0 Å². The molecule has 1 heterocycles. The highest BCUT2D eigenvalue weighted by molar-refractivity contribution is 9.10. The maximum atomic E-state index is 13.1. The van der Waals surface area contributed by atoms with Crippen LogP contribution in [0.4, 0.5) is 11.5 Å².